The third kappa shape index (κ3) is 4.08. The molecule has 3 aromatic carbocycles. The van der Waals surface area contributed by atoms with Crippen molar-refractivity contribution in [2.24, 2.45) is 0 Å². The molecule has 5 rings (SSSR count). The maximum atomic E-state index is 13.6. The van der Waals surface area contributed by atoms with Crippen molar-refractivity contribution < 1.29 is 4.79 Å². The first-order chi connectivity index (χ1) is 16.5. The predicted molar refractivity (Wildman–Crippen MR) is 137 cm³/mol. The first-order valence-electron chi connectivity index (χ1n) is 11.1. The molecule has 1 amide bonds. The van der Waals surface area contributed by atoms with Crippen molar-refractivity contribution in [3.63, 3.8) is 0 Å². The van der Waals surface area contributed by atoms with Gasteiger partial charge < -0.3 is 9.88 Å². The van der Waals surface area contributed by atoms with Gasteiger partial charge in [-0.1, -0.05) is 67.1 Å². The first-order valence-corrected chi connectivity index (χ1v) is 11.5. The van der Waals surface area contributed by atoms with Gasteiger partial charge in [-0.15, -0.1) is 0 Å². The van der Waals surface area contributed by atoms with Crippen molar-refractivity contribution in [3.05, 3.63) is 106 Å². The number of carbonyl (C=O) groups is 1. The van der Waals surface area contributed by atoms with E-state index in [1.54, 1.807) is 17.0 Å². The molecule has 0 fully saturated rings. The zero-order chi connectivity index (χ0) is 23.7. The summed E-state index contributed by atoms with van der Waals surface area (Å²) in [6.07, 6.45) is 2.42. The van der Waals surface area contributed by atoms with Gasteiger partial charge in [0.05, 0.1) is 18.4 Å². The molecule has 6 nitrogen and oxygen atoms in total. The van der Waals surface area contributed by atoms with Gasteiger partial charge in [0.15, 0.2) is 0 Å². The van der Waals surface area contributed by atoms with Crippen LogP contribution in [0.2, 0.25) is 5.02 Å². The molecule has 0 saturated carbocycles. The Balaban J connectivity index is 1.57. The van der Waals surface area contributed by atoms with Crippen LogP contribution >= 0.6 is 11.6 Å². The molecule has 5 aromatic rings. The van der Waals surface area contributed by atoms with Gasteiger partial charge in [-0.3, -0.25) is 14.2 Å². The normalized spacial score (nSPS) is 11.2. The number of carbonyl (C=O) groups excluding carboxylic acids is 1. The average molecular weight is 471 g/mol. The number of para-hydroxylation sites is 1. The summed E-state index contributed by atoms with van der Waals surface area (Å²) in [5.74, 6) is -0.211. The summed E-state index contributed by atoms with van der Waals surface area (Å²) in [6, 6.07) is 22.8. The van der Waals surface area contributed by atoms with Crippen molar-refractivity contribution >= 4 is 45.1 Å². The molecular formula is C27H23ClN4O2. The average Bonchev–Trinajstić information content (AvgIpc) is 3.16. The molecule has 0 spiro atoms. The van der Waals surface area contributed by atoms with Gasteiger partial charge in [-0.25, -0.2) is 4.98 Å². The lowest BCUT2D eigenvalue weighted by molar-refractivity contribution is -0.116. The number of fused-ring (bicyclic) bond motifs is 3. The van der Waals surface area contributed by atoms with Crippen LogP contribution in [-0.2, 0) is 24.3 Å². The highest BCUT2D eigenvalue weighted by Crippen LogP contribution is 2.26. The van der Waals surface area contributed by atoms with E-state index in [9.17, 15) is 9.59 Å². The van der Waals surface area contributed by atoms with E-state index in [1.807, 2.05) is 66.7 Å². The molecule has 0 radical (unpaired) electrons. The second kappa shape index (κ2) is 9.15. The lowest BCUT2D eigenvalue weighted by Gasteiger charge is -2.11. The molecule has 0 aliphatic carbocycles. The number of nitrogens with one attached hydrogen (secondary N) is 1. The highest BCUT2D eigenvalue weighted by Gasteiger charge is 2.18. The fraction of sp³-hybridized carbons (Fsp3) is 0.148. The molecule has 0 bridgehead atoms. The van der Waals surface area contributed by atoms with Crippen molar-refractivity contribution in [1.29, 1.82) is 0 Å². The number of anilines is 1. The van der Waals surface area contributed by atoms with E-state index < -0.39 is 0 Å². The Hall–Kier alpha value is -3.90. The zero-order valence-electron chi connectivity index (χ0n) is 18.7. The maximum Gasteiger partial charge on any atom is 0.278 e. The van der Waals surface area contributed by atoms with Crippen LogP contribution < -0.4 is 10.9 Å². The number of hydrogen-bond donors (Lipinski definition) is 1. The number of benzene rings is 3. The number of hydrogen-bond acceptors (Lipinski definition) is 3. The summed E-state index contributed by atoms with van der Waals surface area (Å²) < 4.78 is 3.28. The van der Waals surface area contributed by atoms with Gasteiger partial charge in [0, 0.05) is 16.1 Å². The quantitative estimate of drug-likeness (QED) is 0.368. The van der Waals surface area contributed by atoms with E-state index in [-0.39, 0.29) is 18.0 Å². The van der Waals surface area contributed by atoms with Gasteiger partial charge in [0.2, 0.25) is 5.91 Å². The predicted octanol–water partition coefficient (Wildman–Crippen LogP) is 5.25. The Morgan fingerprint density at radius 1 is 1.03 bits per heavy atom. The minimum absolute atomic E-state index is 0.00656. The standard InChI is InChI=1S/C27H23ClN4O2/c1-2-18-8-7-10-20(14-18)30-24(33)16-32-23-13-6-4-11-21(23)25-26(32)27(34)31(17-29-25)15-19-9-3-5-12-22(19)28/h3-14,17H,2,15-16H2,1H3,(H,30,33). The van der Waals surface area contributed by atoms with E-state index in [4.69, 9.17) is 11.6 Å². The molecule has 1 N–H and O–H groups in total. The third-order valence-electron chi connectivity index (χ3n) is 5.95. The largest absolute Gasteiger partial charge is 0.325 e. The summed E-state index contributed by atoms with van der Waals surface area (Å²) in [4.78, 5) is 31.2. The highest BCUT2D eigenvalue weighted by atomic mass is 35.5. The smallest absolute Gasteiger partial charge is 0.278 e. The second-order valence-electron chi connectivity index (χ2n) is 8.17. The summed E-state index contributed by atoms with van der Waals surface area (Å²) in [6.45, 7) is 2.35. The lowest BCUT2D eigenvalue weighted by Crippen LogP contribution is -2.25. The SMILES string of the molecule is CCc1cccc(NC(=O)Cn2c3ccccc3c3ncn(Cc4ccccc4Cl)c(=O)c32)c1. The Morgan fingerprint density at radius 2 is 1.82 bits per heavy atom. The summed E-state index contributed by atoms with van der Waals surface area (Å²) in [5, 5.41) is 4.38. The Bertz CT molecular complexity index is 1590. The van der Waals surface area contributed by atoms with Crippen molar-refractivity contribution in [1.82, 2.24) is 14.1 Å². The summed E-state index contributed by atoms with van der Waals surface area (Å²) >= 11 is 6.31. The topological polar surface area (TPSA) is 68.9 Å². The number of nitrogens with zero attached hydrogens (tertiary/aromatic N) is 3. The van der Waals surface area contributed by atoms with E-state index in [0.29, 0.717) is 22.6 Å². The van der Waals surface area contributed by atoms with Gasteiger partial charge in [-0.05, 0) is 41.8 Å². The van der Waals surface area contributed by atoms with Crippen molar-refractivity contribution in [2.75, 3.05) is 5.32 Å². The van der Waals surface area contributed by atoms with Crippen molar-refractivity contribution in [3.8, 4) is 0 Å². The number of amides is 1. The summed E-state index contributed by atoms with van der Waals surface area (Å²) in [5.41, 5.74) is 4.24. The number of aromatic nitrogens is 3. The fourth-order valence-electron chi connectivity index (χ4n) is 4.25. The van der Waals surface area contributed by atoms with Gasteiger partial charge in [0.25, 0.3) is 5.56 Å². The van der Waals surface area contributed by atoms with Gasteiger partial charge >= 0.3 is 0 Å². The minimum Gasteiger partial charge on any atom is -0.325 e. The lowest BCUT2D eigenvalue weighted by atomic mass is 10.1. The zero-order valence-corrected chi connectivity index (χ0v) is 19.4. The molecule has 170 valence electrons. The van der Waals surface area contributed by atoms with E-state index >= 15 is 0 Å². The molecule has 0 aliphatic heterocycles. The Labute approximate surface area is 201 Å². The first kappa shape index (κ1) is 21.9. The monoisotopic (exact) mass is 470 g/mol. The summed E-state index contributed by atoms with van der Waals surface area (Å²) in [7, 11) is 0. The van der Waals surface area contributed by atoms with Gasteiger partial charge in [-0.2, -0.15) is 0 Å². The number of rotatable bonds is 6. The minimum atomic E-state index is -0.220. The van der Waals surface area contributed by atoms with Crippen LogP contribution in [0, 0.1) is 0 Å². The van der Waals surface area contributed by atoms with Crippen LogP contribution in [-0.4, -0.2) is 20.0 Å². The third-order valence-corrected chi connectivity index (χ3v) is 6.32. The highest BCUT2D eigenvalue weighted by molar-refractivity contribution is 6.31. The molecule has 0 saturated heterocycles. The van der Waals surface area contributed by atoms with E-state index in [2.05, 4.69) is 17.2 Å². The Morgan fingerprint density at radius 3 is 2.65 bits per heavy atom. The molecule has 0 atom stereocenters. The molecule has 34 heavy (non-hydrogen) atoms. The Kier molecular flexibility index (Phi) is 5.90. The molecule has 0 unspecified atom stereocenters. The van der Waals surface area contributed by atoms with E-state index in [1.165, 1.54) is 4.57 Å². The fourth-order valence-corrected chi connectivity index (χ4v) is 4.44. The van der Waals surface area contributed by atoms with Crippen molar-refractivity contribution in [2.45, 2.75) is 26.4 Å². The molecular weight excluding hydrogens is 448 g/mol. The maximum absolute atomic E-state index is 13.6. The molecule has 2 aromatic heterocycles. The van der Waals surface area contributed by atoms with Gasteiger partial charge in [0.1, 0.15) is 17.6 Å². The van der Waals surface area contributed by atoms with Crippen LogP contribution in [0.15, 0.2) is 83.9 Å². The molecule has 7 heteroatoms. The second-order valence-corrected chi connectivity index (χ2v) is 8.58. The van der Waals surface area contributed by atoms with Crippen LogP contribution in [0.5, 0.6) is 0 Å². The molecule has 0 aliphatic rings. The van der Waals surface area contributed by atoms with Crippen LogP contribution in [0.4, 0.5) is 5.69 Å². The molecule has 2 heterocycles. The van der Waals surface area contributed by atoms with Crippen LogP contribution in [0.25, 0.3) is 21.9 Å². The van der Waals surface area contributed by atoms with Crippen LogP contribution in [0.3, 0.4) is 0 Å². The van der Waals surface area contributed by atoms with E-state index in [0.717, 1.165) is 34.1 Å². The number of halogens is 1. The van der Waals surface area contributed by atoms with Crippen LogP contribution in [0.1, 0.15) is 18.1 Å². The number of aryl methyl sites for hydroxylation is 1.